The van der Waals surface area contributed by atoms with E-state index in [4.69, 9.17) is 9.47 Å². The molecule has 1 atom stereocenters. The number of halogens is 1. The van der Waals surface area contributed by atoms with Crippen LogP contribution >= 0.6 is 15.9 Å². The molecule has 0 aliphatic heterocycles. The Labute approximate surface area is 138 Å². The lowest BCUT2D eigenvalue weighted by Crippen LogP contribution is -2.02. The normalized spacial score (nSPS) is 12.2. The Hall–Kier alpha value is -0.700. The van der Waals surface area contributed by atoms with Gasteiger partial charge < -0.3 is 9.47 Å². The van der Waals surface area contributed by atoms with Crippen molar-refractivity contribution in [1.29, 1.82) is 0 Å². The molecule has 1 unspecified atom stereocenters. The highest BCUT2D eigenvalue weighted by atomic mass is 79.9. The van der Waals surface area contributed by atoms with Crippen LogP contribution in [0.1, 0.15) is 69.7 Å². The average Bonchev–Trinajstić information content (AvgIpc) is 2.51. The predicted octanol–water partition coefficient (Wildman–Crippen LogP) is 6.28. The molecule has 0 radical (unpaired) electrons. The Balaban J connectivity index is 2.76. The summed E-state index contributed by atoms with van der Waals surface area (Å²) in [7, 11) is 0. The molecule has 1 aromatic rings. The summed E-state index contributed by atoms with van der Waals surface area (Å²) in [4.78, 5) is 0.397. The van der Waals surface area contributed by atoms with E-state index in [1.165, 1.54) is 24.8 Å². The van der Waals surface area contributed by atoms with Gasteiger partial charge in [0.05, 0.1) is 13.2 Å². The maximum absolute atomic E-state index is 5.85. The lowest BCUT2D eigenvalue weighted by Gasteiger charge is -2.16. The first-order valence-corrected chi connectivity index (χ1v) is 9.18. The SMILES string of the molecule is CCCCCC(Br)c1ccc(OCCC)c(OCCC)c1. The zero-order chi connectivity index (χ0) is 15.5. The van der Waals surface area contributed by atoms with Gasteiger partial charge in [0.15, 0.2) is 11.5 Å². The molecule has 0 heterocycles. The van der Waals surface area contributed by atoms with E-state index in [2.05, 4.69) is 48.8 Å². The monoisotopic (exact) mass is 356 g/mol. The van der Waals surface area contributed by atoms with Crippen molar-refractivity contribution in [3.63, 3.8) is 0 Å². The molecule has 0 spiro atoms. The molecule has 21 heavy (non-hydrogen) atoms. The maximum atomic E-state index is 5.85. The summed E-state index contributed by atoms with van der Waals surface area (Å²) in [5.41, 5.74) is 1.28. The predicted molar refractivity (Wildman–Crippen MR) is 93.8 cm³/mol. The summed E-state index contributed by atoms with van der Waals surface area (Å²) in [5, 5.41) is 0. The summed E-state index contributed by atoms with van der Waals surface area (Å²) in [6.07, 6.45) is 6.98. The van der Waals surface area contributed by atoms with E-state index >= 15 is 0 Å². The van der Waals surface area contributed by atoms with Crippen LogP contribution in [0, 0.1) is 0 Å². The molecule has 0 N–H and O–H groups in total. The molecule has 3 heteroatoms. The fourth-order valence-electron chi connectivity index (χ4n) is 2.12. The van der Waals surface area contributed by atoms with Crippen LogP contribution in [0.2, 0.25) is 0 Å². The molecule has 0 saturated heterocycles. The smallest absolute Gasteiger partial charge is 0.161 e. The third-order valence-electron chi connectivity index (χ3n) is 3.31. The van der Waals surface area contributed by atoms with Gasteiger partial charge >= 0.3 is 0 Å². The van der Waals surface area contributed by atoms with Gasteiger partial charge in [-0.15, -0.1) is 0 Å². The molecular formula is C18H29BrO2. The van der Waals surface area contributed by atoms with Crippen LogP contribution in [0.3, 0.4) is 0 Å². The molecule has 120 valence electrons. The molecule has 1 aromatic carbocycles. The largest absolute Gasteiger partial charge is 0.490 e. The van der Waals surface area contributed by atoms with Crippen LogP contribution < -0.4 is 9.47 Å². The lowest BCUT2D eigenvalue weighted by molar-refractivity contribution is 0.268. The van der Waals surface area contributed by atoms with Gasteiger partial charge in [-0.1, -0.05) is 62.0 Å². The lowest BCUT2D eigenvalue weighted by atomic mass is 10.1. The van der Waals surface area contributed by atoms with Gasteiger partial charge in [0.25, 0.3) is 0 Å². The summed E-state index contributed by atoms with van der Waals surface area (Å²) in [5.74, 6) is 1.74. The third kappa shape index (κ3) is 6.73. The van der Waals surface area contributed by atoms with Crippen molar-refractivity contribution < 1.29 is 9.47 Å². The highest BCUT2D eigenvalue weighted by Crippen LogP contribution is 2.35. The van der Waals surface area contributed by atoms with E-state index in [9.17, 15) is 0 Å². The molecule has 1 rings (SSSR count). The van der Waals surface area contributed by atoms with Crippen LogP contribution in [0.25, 0.3) is 0 Å². The van der Waals surface area contributed by atoms with Crippen molar-refractivity contribution in [2.45, 2.75) is 64.1 Å². The summed E-state index contributed by atoms with van der Waals surface area (Å²) in [6.45, 7) is 7.93. The molecule has 0 fully saturated rings. The molecule has 0 aromatic heterocycles. The van der Waals surface area contributed by atoms with Crippen molar-refractivity contribution in [3.05, 3.63) is 23.8 Å². The van der Waals surface area contributed by atoms with Gasteiger partial charge in [-0.2, -0.15) is 0 Å². The summed E-state index contributed by atoms with van der Waals surface area (Å²) < 4.78 is 11.6. The third-order valence-corrected chi connectivity index (χ3v) is 4.30. The van der Waals surface area contributed by atoms with Crippen LogP contribution in [0.4, 0.5) is 0 Å². The van der Waals surface area contributed by atoms with E-state index < -0.39 is 0 Å². The van der Waals surface area contributed by atoms with Gasteiger partial charge in [-0.05, 0) is 37.0 Å². The quantitative estimate of drug-likeness (QED) is 0.343. The van der Waals surface area contributed by atoms with Crippen LogP contribution in [-0.4, -0.2) is 13.2 Å². The first kappa shape index (κ1) is 18.3. The maximum Gasteiger partial charge on any atom is 0.161 e. The standard InChI is InChI=1S/C18H29BrO2/c1-4-7-8-9-16(19)15-10-11-17(20-12-5-2)18(14-15)21-13-6-3/h10-11,14,16H,4-9,12-13H2,1-3H3. The van der Waals surface area contributed by atoms with E-state index in [0.717, 1.165) is 44.0 Å². The van der Waals surface area contributed by atoms with Gasteiger partial charge in [-0.3, -0.25) is 0 Å². The van der Waals surface area contributed by atoms with Crippen molar-refractivity contribution >= 4 is 15.9 Å². The van der Waals surface area contributed by atoms with Crippen molar-refractivity contribution in [2.24, 2.45) is 0 Å². The van der Waals surface area contributed by atoms with Crippen molar-refractivity contribution in [2.75, 3.05) is 13.2 Å². The first-order valence-electron chi connectivity index (χ1n) is 8.26. The minimum Gasteiger partial charge on any atom is -0.490 e. The second kappa shape index (κ2) is 10.9. The zero-order valence-corrected chi connectivity index (χ0v) is 15.2. The minimum atomic E-state index is 0.397. The van der Waals surface area contributed by atoms with Crippen molar-refractivity contribution in [3.8, 4) is 11.5 Å². The number of hydrogen-bond acceptors (Lipinski definition) is 2. The number of hydrogen-bond donors (Lipinski definition) is 0. The Kier molecular flexibility index (Phi) is 9.56. The first-order chi connectivity index (χ1) is 10.2. The van der Waals surface area contributed by atoms with E-state index in [0.29, 0.717) is 4.83 Å². The zero-order valence-electron chi connectivity index (χ0n) is 13.7. The Morgan fingerprint density at radius 2 is 1.57 bits per heavy atom. The number of unbranched alkanes of at least 4 members (excludes halogenated alkanes) is 2. The van der Waals surface area contributed by atoms with Crippen LogP contribution in [-0.2, 0) is 0 Å². The second-order valence-electron chi connectivity index (χ2n) is 5.37. The molecule has 0 bridgehead atoms. The number of ether oxygens (including phenoxy) is 2. The molecule has 0 aliphatic carbocycles. The van der Waals surface area contributed by atoms with E-state index in [-0.39, 0.29) is 0 Å². The Bertz CT molecular complexity index is 393. The number of alkyl halides is 1. The van der Waals surface area contributed by atoms with E-state index in [1.54, 1.807) is 0 Å². The van der Waals surface area contributed by atoms with E-state index in [1.807, 2.05) is 6.07 Å². The molecule has 2 nitrogen and oxygen atoms in total. The topological polar surface area (TPSA) is 18.5 Å². The van der Waals surface area contributed by atoms with Gasteiger partial charge in [0.2, 0.25) is 0 Å². The summed E-state index contributed by atoms with van der Waals surface area (Å²) in [6, 6.07) is 6.32. The number of benzene rings is 1. The summed E-state index contributed by atoms with van der Waals surface area (Å²) >= 11 is 3.80. The van der Waals surface area contributed by atoms with Gasteiger partial charge in [-0.25, -0.2) is 0 Å². The highest BCUT2D eigenvalue weighted by molar-refractivity contribution is 9.09. The van der Waals surface area contributed by atoms with Crippen LogP contribution in [0.5, 0.6) is 11.5 Å². The second-order valence-corrected chi connectivity index (χ2v) is 6.47. The Morgan fingerprint density at radius 1 is 0.905 bits per heavy atom. The molecule has 0 aliphatic rings. The minimum absolute atomic E-state index is 0.397. The molecule has 0 amide bonds. The van der Waals surface area contributed by atoms with Crippen LogP contribution in [0.15, 0.2) is 18.2 Å². The highest BCUT2D eigenvalue weighted by Gasteiger charge is 2.12. The van der Waals surface area contributed by atoms with Crippen molar-refractivity contribution in [1.82, 2.24) is 0 Å². The number of rotatable bonds is 11. The molecule has 0 saturated carbocycles. The van der Waals surface area contributed by atoms with Gasteiger partial charge in [0.1, 0.15) is 0 Å². The molecular weight excluding hydrogens is 328 g/mol. The van der Waals surface area contributed by atoms with Gasteiger partial charge in [0, 0.05) is 4.83 Å². The Morgan fingerprint density at radius 3 is 2.19 bits per heavy atom. The fourth-order valence-corrected chi connectivity index (χ4v) is 2.72. The fraction of sp³-hybridized carbons (Fsp3) is 0.667. The average molecular weight is 357 g/mol.